The zero-order chi connectivity index (χ0) is 28.1. The number of amidine groups is 1. The van der Waals surface area contributed by atoms with E-state index in [9.17, 15) is 9.59 Å². The summed E-state index contributed by atoms with van der Waals surface area (Å²) in [5, 5.41) is 5.72. The summed E-state index contributed by atoms with van der Waals surface area (Å²) < 4.78 is 5.81. The van der Waals surface area contributed by atoms with Crippen LogP contribution in [0.1, 0.15) is 47.3 Å². The Morgan fingerprint density at radius 1 is 1.02 bits per heavy atom. The van der Waals surface area contributed by atoms with Crippen LogP contribution >= 0.6 is 11.8 Å². The summed E-state index contributed by atoms with van der Waals surface area (Å²) in [6.07, 6.45) is 2.57. The molecule has 1 amide bonds. The van der Waals surface area contributed by atoms with E-state index in [0.717, 1.165) is 38.8 Å². The Morgan fingerprint density at radius 2 is 1.82 bits per heavy atom. The zero-order valence-corrected chi connectivity index (χ0v) is 23.7. The van der Waals surface area contributed by atoms with Crippen LogP contribution in [0.4, 0.5) is 0 Å². The second-order valence-electron chi connectivity index (χ2n) is 9.91. The zero-order valence-electron chi connectivity index (χ0n) is 22.9. The molecule has 5 rings (SSSR count). The number of rotatable bonds is 9. The number of nitrogens with zero attached hydrogens (tertiary/aromatic N) is 3. The highest BCUT2D eigenvalue weighted by molar-refractivity contribution is 8.16. The van der Waals surface area contributed by atoms with E-state index >= 15 is 0 Å². The van der Waals surface area contributed by atoms with Gasteiger partial charge in [0.2, 0.25) is 5.91 Å². The molecule has 3 aromatic rings. The molecule has 0 radical (unpaired) electrons. The molecule has 1 aromatic heterocycles. The number of benzene rings is 2. The number of ether oxygens (including phenoxy) is 1. The summed E-state index contributed by atoms with van der Waals surface area (Å²) in [6.45, 7) is 6.61. The highest BCUT2D eigenvalue weighted by atomic mass is 32.2. The van der Waals surface area contributed by atoms with Gasteiger partial charge in [0.1, 0.15) is 6.61 Å². The minimum absolute atomic E-state index is 0.0945. The van der Waals surface area contributed by atoms with Crippen molar-refractivity contribution in [3.8, 4) is 0 Å². The molecular formula is C32H32N4O3S. The standard InChI is InChI=1S/C32H32N4O3S/c1-21-12-13-27(22(2)17-21)30-29(31(38)39-19-24-9-5-4-6-10-24)23(3)35-32-36(30)26(20-40-32)18-28(37)34-16-14-25-11-7-8-15-33-25/h4-13,15,17,20,30H,14,16,18-19H2,1-3H3,(H,34,37)/t30-/m0/s1. The maximum atomic E-state index is 13.6. The Labute approximate surface area is 239 Å². The average Bonchev–Trinajstić information content (AvgIpc) is 3.34. The van der Waals surface area contributed by atoms with Gasteiger partial charge in [-0.05, 0) is 55.0 Å². The molecule has 1 N–H and O–H groups in total. The molecule has 2 aliphatic rings. The molecule has 0 saturated carbocycles. The van der Waals surface area contributed by atoms with Crippen molar-refractivity contribution in [2.45, 2.75) is 46.3 Å². The van der Waals surface area contributed by atoms with Gasteiger partial charge in [0.15, 0.2) is 5.17 Å². The van der Waals surface area contributed by atoms with Gasteiger partial charge in [0.25, 0.3) is 0 Å². The van der Waals surface area contributed by atoms with Crippen LogP contribution in [-0.2, 0) is 27.4 Å². The first-order chi connectivity index (χ1) is 19.4. The molecule has 3 heterocycles. The number of esters is 1. The lowest BCUT2D eigenvalue weighted by molar-refractivity contribution is -0.141. The van der Waals surface area contributed by atoms with E-state index in [4.69, 9.17) is 9.73 Å². The van der Waals surface area contributed by atoms with E-state index < -0.39 is 12.0 Å². The fourth-order valence-electron chi connectivity index (χ4n) is 4.96. The fourth-order valence-corrected chi connectivity index (χ4v) is 5.93. The molecule has 0 unspecified atom stereocenters. The van der Waals surface area contributed by atoms with E-state index in [1.165, 1.54) is 11.8 Å². The number of pyridine rings is 1. The van der Waals surface area contributed by atoms with Crippen molar-refractivity contribution in [3.05, 3.63) is 123 Å². The van der Waals surface area contributed by atoms with Crippen molar-refractivity contribution in [3.63, 3.8) is 0 Å². The minimum Gasteiger partial charge on any atom is -0.457 e. The number of aryl methyl sites for hydroxylation is 2. The lowest BCUT2D eigenvalue weighted by atomic mass is 9.90. The molecule has 0 spiro atoms. The second kappa shape index (κ2) is 12.3. The molecule has 8 heteroatoms. The van der Waals surface area contributed by atoms with Crippen LogP contribution in [0.25, 0.3) is 0 Å². The Bertz CT molecular complexity index is 1500. The maximum Gasteiger partial charge on any atom is 0.338 e. The van der Waals surface area contributed by atoms with Crippen molar-refractivity contribution in [1.29, 1.82) is 0 Å². The molecule has 40 heavy (non-hydrogen) atoms. The molecule has 1 atom stereocenters. The lowest BCUT2D eigenvalue weighted by Gasteiger charge is -2.37. The van der Waals surface area contributed by atoms with Gasteiger partial charge in [-0.1, -0.05) is 71.9 Å². The Morgan fingerprint density at radius 3 is 2.58 bits per heavy atom. The summed E-state index contributed by atoms with van der Waals surface area (Å²) in [4.78, 5) is 37.8. The van der Waals surface area contributed by atoms with Gasteiger partial charge in [-0.3, -0.25) is 9.78 Å². The number of allylic oxidation sites excluding steroid dienone is 1. The number of aliphatic imine (C=N–C) groups is 1. The predicted molar refractivity (Wildman–Crippen MR) is 158 cm³/mol. The molecule has 204 valence electrons. The number of hydrogen-bond acceptors (Lipinski definition) is 7. The van der Waals surface area contributed by atoms with Gasteiger partial charge in [-0.15, -0.1) is 0 Å². The first kappa shape index (κ1) is 27.4. The van der Waals surface area contributed by atoms with Crippen LogP contribution in [-0.4, -0.2) is 33.5 Å². The van der Waals surface area contributed by atoms with Gasteiger partial charge >= 0.3 is 5.97 Å². The minimum atomic E-state index is -0.459. The topological polar surface area (TPSA) is 83.9 Å². The van der Waals surface area contributed by atoms with Crippen molar-refractivity contribution in [1.82, 2.24) is 15.2 Å². The van der Waals surface area contributed by atoms with Crippen molar-refractivity contribution in [2.75, 3.05) is 6.54 Å². The van der Waals surface area contributed by atoms with Crippen LogP contribution in [0, 0.1) is 13.8 Å². The smallest absolute Gasteiger partial charge is 0.338 e. The van der Waals surface area contributed by atoms with E-state index in [-0.39, 0.29) is 18.9 Å². The van der Waals surface area contributed by atoms with Gasteiger partial charge in [0, 0.05) is 30.6 Å². The summed E-state index contributed by atoms with van der Waals surface area (Å²) in [5.74, 6) is -0.506. The number of fused-ring (bicyclic) bond motifs is 1. The lowest BCUT2D eigenvalue weighted by Crippen LogP contribution is -2.38. The van der Waals surface area contributed by atoms with Crippen LogP contribution in [0.2, 0.25) is 0 Å². The quantitative estimate of drug-likeness (QED) is 0.340. The number of thioether (sulfide) groups is 1. The molecule has 0 saturated heterocycles. The van der Waals surface area contributed by atoms with Gasteiger partial charge in [-0.25, -0.2) is 9.79 Å². The first-order valence-corrected chi connectivity index (χ1v) is 14.2. The third-order valence-corrected chi connectivity index (χ3v) is 7.81. The highest BCUT2D eigenvalue weighted by Gasteiger charge is 2.41. The first-order valence-electron chi connectivity index (χ1n) is 13.3. The van der Waals surface area contributed by atoms with Crippen LogP contribution in [0.3, 0.4) is 0 Å². The monoisotopic (exact) mass is 552 g/mol. The number of hydrogen-bond donors (Lipinski definition) is 1. The van der Waals surface area contributed by atoms with Crippen LogP contribution in [0.5, 0.6) is 0 Å². The third kappa shape index (κ3) is 6.18. The van der Waals surface area contributed by atoms with E-state index in [1.54, 1.807) is 6.20 Å². The normalized spacial score (nSPS) is 16.3. The number of aromatic nitrogens is 1. The SMILES string of the molecule is CC1=C(C(=O)OCc2ccccc2)[C@H](c2ccc(C)cc2C)N2C(CC(=O)NCCc3ccccn3)=CSC2=N1. The van der Waals surface area contributed by atoms with E-state index in [1.807, 2.05) is 85.7 Å². The molecule has 7 nitrogen and oxygen atoms in total. The average molecular weight is 553 g/mol. The summed E-state index contributed by atoms with van der Waals surface area (Å²) in [6, 6.07) is 21.1. The summed E-state index contributed by atoms with van der Waals surface area (Å²) in [5.41, 5.74) is 6.92. The van der Waals surface area contributed by atoms with E-state index in [0.29, 0.717) is 24.2 Å². The molecule has 0 bridgehead atoms. The molecule has 2 aliphatic heterocycles. The van der Waals surface area contributed by atoms with Crippen LogP contribution in [0.15, 0.2) is 100 Å². The Hall–Kier alpha value is -4.17. The van der Waals surface area contributed by atoms with Crippen LogP contribution < -0.4 is 5.32 Å². The maximum absolute atomic E-state index is 13.6. The molecular weight excluding hydrogens is 520 g/mol. The van der Waals surface area contributed by atoms with Crippen molar-refractivity contribution >= 4 is 28.8 Å². The number of amides is 1. The molecule has 2 aromatic carbocycles. The highest BCUT2D eigenvalue weighted by Crippen LogP contribution is 2.45. The van der Waals surface area contributed by atoms with Gasteiger partial charge < -0.3 is 15.0 Å². The Balaban J connectivity index is 1.39. The molecule has 0 aliphatic carbocycles. The number of nitrogens with one attached hydrogen (secondary N) is 1. The third-order valence-electron chi connectivity index (χ3n) is 6.92. The summed E-state index contributed by atoms with van der Waals surface area (Å²) in [7, 11) is 0. The predicted octanol–water partition coefficient (Wildman–Crippen LogP) is 5.77. The van der Waals surface area contributed by atoms with E-state index in [2.05, 4.69) is 22.4 Å². The van der Waals surface area contributed by atoms with Crippen molar-refractivity contribution in [2.24, 2.45) is 4.99 Å². The largest absolute Gasteiger partial charge is 0.457 e. The van der Waals surface area contributed by atoms with Gasteiger partial charge in [0.05, 0.1) is 23.7 Å². The van der Waals surface area contributed by atoms with Gasteiger partial charge in [-0.2, -0.15) is 0 Å². The van der Waals surface area contributed by atoms with Crippen molar-refractivity contribution < 1.29 is 14.3 Å². The number of carbonyl (C=O) groups excluding carboxylic acids is 2. The number of carbonyl (C=O) groups is 2. The Kier molecular flexibility index (Phi) is 8.45. The fraction of sp³-hybridized carbons (Fsp3) is 0.250. The summed E-state index contributed by atoms with van der Waals surface area (Å²) >= 11 is 1.47. The second-order valence-corrected chi connectivity index (χ2v) is 10.7. The molecule has 0 fully saturated rings.